The van der Waals surface area contributed by atoms with Crippen LogP contribution < -0.4 is 30.5 Å². The molecular formula is C46H50ClFN10O4. The summed E-state index contributed by atoms with van der Waals surface area (Å²) in [5.41, 5.74) is 7.99. The minimum Gasteiger partial charge on any atom is -0.493 e. The average Bonchev–Trinajstić information content (AvgIpc) is 3.60. The molecule has 3 aliphatic heterocycles. The van der Waals surface area contributed by atoms with Crippen LogP contribution >= 0.6 is 11.6 Å². The maximum atomic E-state index is 13.6. The fourth-order valence-electron chi connectivity index (χ4n) is 9.77. The SMILES string of the molecule is CNc1cc(N2CCc3c(-c4ccc(CN5CCC6(CCC(COc7ccc(Cl)c(N8CCC(=O)NC8=O)c7)CC6)CC5)cn4)cccc32)nn2c(C(=O)N[C@@H]3C[C@@H]3F)cnc12. The van der Waals surface area contributed by atoms with Crippen molar-refractivity contribution < 1.29 is 23.5 Å². The third kappa shape index (κ3) is 7.92. The smallest absolute Gasteiger partial charge is 0.328 e. The van der Waals surface area contributed by atoms with Gasteiger partial charge in [-0.2, -0.15) is 0 Å². The second-order valence-corrected chi connectivity index (χ2v) is 17.9. The van der Waals surface area contributed by atoms with Gasteiger partial charge in [-0.1, -0.05) is 29.8 Å². The number of carbonyl (C=O) groups excluding carboxylic acids is 3. The molecule has 1 spiro atoms. The van der Waals surface area contributed by atoms with Crippen LogP contribution in [0, 0.1) is 11.3 Å². The minimum absolute atomic E-state index is 0.236. The summed E-state index contributed by atoms with van der Waals surface area (Å²) in [5, 5.41) is 13.6. The van der Waals surface area contributed by atoms with E-state index in [0.29, 0.717) is 52.3 Å². The standard InChI is InChI=1S/C46H50ClFN10O4/c1-49-37-23-41(54-58-40(25-51-43(37)58)44(60)52-36-22-34(36)48)56-17-11-32-31(3-2-4-38(32)56)35-8-5-29(24-50-35)26-55-19-15-46(16-20-55)13-9-28(10-14-46)27-62-30-6-7-33(47)39(21-30)57-18-12-42(59)53-45(57)61/h2-8,21,23-25,28,34,36,49H,9-20,22,26-27H2,1H3,(H,52,60)(H,53,59,61)/t34-,36+/m0/s1. The number of carbonyl (C=O) groups is 3. The minimum atomic E-state index is -1.00. The number of benzene rings is 2. The highest BCUT2D eigenvalue weighted by Gasteiger charge is 2.40. The maximum Gasteiger partial charge on any atom is 0.328 e. The van der Waals surface area contributed by atoms with Gasteiger partial charge in [0.2, 0.25) is 5.91 Å². The van der Waals surface area contributed by atoms with Gasteiger partial charge in [0.05, 0.1) is 40.9 Å². The fraction of sp³-hybridized carbons (Fsp3) is 0.435. The quantitative estimate of drug-likeness (QED) is 0.123. The number of pyridine rings is 1. The summed E-state index contributed by atoms with van der Waals surface area (Å²) in [6.45, 7) is 4.67. The number of nitrogens with zero attached hydrogens (tertiary/aromatic N) is 7. The summed E-state index contributed by atoms with van der Waals surface area (Å²) in [6.07, 6.45) is 11.0. The predicted molar refractivity (Wildman–Crippen MR) is 235 cm³/mol. The molecule has 0 radical (unpaired) electrons. The number of hydrogen-bond acceptors (Lipinski definition) is 10. The van der Waals surface area contributed by atoms with Crippen molar-refractivity contribution in [1.82, 2.24) is 35.1 Å². The molecular weight excluding hydrogens is 811 g/mol. The zero-order chi connectivity index (χ0) is 42.5. The van der Waals surface area contributed by atoms with Crippen molar-refractivity contribution in [1.29, 1.82) is 0 Å². The van der Waals surface area contributed by atoms with Crippen LogP contribution in [0.5, 0.6) is 5.75 Å². The van der Waals surface area contributed by atoms with Crippen LogP contribution in [0.3, 0.4) is 0 Å². The van der Waals surface area contributed by atoms with E-state index >= 15 is 0 Å². The largest absolute Gasteiger partial charge is 0.493 e. The first-order chi connectivity index (χ1) is 30.1. The van der Waals surface area contributed by atoms with Gasteiger partial charge in [0.15, 0.2) is 17.2 Å². The maximum absolute atomic E-state index is 13.6. The third-order valence-electron chi connectivity index (χ3n) is 13.6. The molecule has 0 unspecified atom stereocenters. The van der Waals surface area contributed by atoms with E-state index in [1.54, 1.807) is 16.6 Å². The number of hydrogen-bond donors (Lipinski definition) is 3. The molecule has 4 fully saturated rings. The van der Waals surface area contributed by atoms with E-state index in [2.05, 4.69) is 61.1 Å². The molecule has 2 atom stereocenters. The number of rotatable bonds is 11. The zero-order valence-electron chi connectivity index (χ0n) is 34.7. The number of nitrogens with one attached hydrogen (secondary N) is 3. The molecule has 4 amide bonds. The Morgan fingerprint density at radius 1 is 0.952 bits per heavy atom. The molecule has 2 saturated heterocycles. The van der Waals surface area contributed by atoms with Gasteiger partial charge in [-0.3, -0.25) is 29.7 Å². The summed E-state index contributed by atoms with van der Waals surface area (Å²) in [7, 11) is 1.82. The summed E-state index contributed by atoms with van der Waals surface area (Å²) < 4.78 is 21.4. The number of likely N-dealkylation sites (tertiary alicyclic amines) is 1. The Morgan fingerprint density at radius 2 is 1.76 bits per heavy atom. The fourth-order valence-corrected chi connectivity index (χ4v) is 9.99. The molecule has 10 rings (SSSR count). The average molecular weight is 861 g/mol. The molecule has 2 saturated carbocycles. The molecule has 322 valence electrons. The van der Waals surface area contributed by atoms with Gasteiger partial charge in [-0.15, -0.1) is 5.10 Å². The molecule has 2 aromatic carbocycles. The Bertz CT molecular complexity index is 2530. The molecule has 16 heteroatoms. The van der Waals surface area contributed by atoms with Gasteiger partial charge in [0.1, 0.15) is 11.9 Å². The van der Waals surface area contributed by atoms with Gasteiger partial charge in [-0.05, 0) is 105 Å². The Balaban J connectivity index is 0.733. The lowest BCUT2D eigenvalue weighted by atomic mass is 9.65. The van der Waals surface area contributed by atoms with E-state index in [-0.39, 0.29) is 30.5 Å². The van der Waals surface area contributed by atoms with Gasteiger partial charge in [0, 0.05) is 69.1 Å². The lowest BCUT2D eigenvalue weighted by Crippen LogP contribution is -2.49. The second kappa shape index (κ2) is 16.5. The first kappa shape index (κ1) is 40.3. The van der Waals surface area contributed by atoms with E-state index in [4.69, 9.17) is 26.4 Å². The zero-order valence-corrected chi connectivity index (χ0v) is 35.5. The number of anilines is 4. The summed E-state index contributed by atoms with van der Waals surface area (Å²) in [5.74, 6) is 1.18. The van der Waals surface area contributed by atoms with E-state index in [9.17, 15) is 18.8 Å². The molecule has 3 N–H and O–H groups in total. The molecule has 2 aliphatic carbocycles. The van der Waals surface area contributed by atoms with E-state index in [0.717, 1.165) is 68.1 Å². The van der Waals surface area contributed by atoms with Crippen LogP contribution in [0.4, 0.5) is 32.1 Å². The van der Waals surface area contributed by atoms with Gasteiger partial charge in [-0.25, -0.2) is 18.7 Å². The number of halogens is 2. The number of imide groups is 1. The summed E-state index contributed by atoms with van der Waals surface area (Å²) >= 11 is 6.43. The highest BCUT2D eigenvalue weighted by molar-refractivity contribution is 6.34. The second-order valence-electron chi connectivity index (χ2n) is 17.5. The highest BCUT2D eigenvalue weighted by atomic mass is 35.5. The van der Waals surface area contributed by atoms with Crippen molar-refractivity contribution in [2.75, 3.05) is 55.0 Å². The monoisotopic (exact) mass is 860 g/mol. The van der Waals surface area contributed by atoms with Crippen molar-refractivity contribution >= 4 is 58.0 Å². The van der Waals surface area contributed by atoms with Crippen molar-refractivity contribution in [3.63, 3.8) is 0 Å². The molecule has 3 aromatic heterocycles. The number of alkyl halides is 1. The van der Waals surface area contributed by atoms with Crippen molar-refractivity contribution in [3.05, 3.63) is 88.8 Å². The van der Waals surface area contributed by atoms with Crippen LogP contribution in [0.25, 0.3) is 16.9 Å². The van der Waals surface area contributed by atoms with Crippen LogP contribution in [-0.4, -0.2) is 94.4 Å². The number of piperidine rings is 1. The molecule has 62 heavy (non-hydrogen) atoms. The third-order valence-corrected chi connectivity index (χ3v) is 13.9. The highest BCUT2D eigenvalue weighted by Crippen LogP contribution is 2.47. The van der Waals surface area contributed by atoms with Gasteiger partial charge in [0.25, 0.3) is 5.91 Å². The molecule has 6 heterocycles. The lowest BCUT2D eigenvalue weighted by molar-refractivity contribution is -0.120. The van der Waals surface area contributed by atoms with E-state index in [1.165, 1.54) is 47.9 Å². The number of fused-ring (bicyclic) bond motifs is 2. The number of ether oxygens (including phenoxy) is 1. The van der Waals surface area contributed by atoms with Crippen LogP contribution in [0.15, 0.2) is 67.0 Å². The number of aromatic nitrogens is 4. The Kier molecular flexibility index (Phi) is 10.7. The van der Waals surface area contributed by atoms with Crippen molar-refractivity contribution in [2.45, 2.75) is 76.5 Å². The topological polar surface area (TPSA) is 149 Å². The van der Waals surface area contributed by atoms with Crippen LogP contribution in [0.1, 0.15) is 73.0 Å². The van der Waals surface area contributed by atoms with Crippen LogP contribution in [0.2, 0.25) is 5.02 Å². The van der Waals surface area contributed by atoms with Gasteiger partial charge >= 0.3 is 6.03 Å². The Hall–Kier alpha value is -5.80. The first-order valence-electron chi connectivity index (χ1n) is 21.8. The van der Waals surface area contributed by atoms with E-state index in [1.807, 2.05) is 25.4 Å². The number of urea groups is 1. The number of imidazole rings is 1. The molecule has 5 aromatic rings. The van der Waals surface area contributed by atoms with Crippen molar-refractivity contribution in [3.8, 4) is 17.0 Å². The summed E-state index contributed by atoms with van der Waals surface area (Å²) in [6, 6.07) is 17.1. The first-order valence-corrected chi connectivity index (χ1v) is 22.1. The Morgan fingerprint density at radius 3 is 2.50 bits per heavy atom. The predicted octanol–water partition coefficient (Wildman–Crippen LogP) is 7.32. The molecule has 14 nitrogen and oxygen atoms in total. The number of amides is 4. The van der Waals surface area contributed by atoms with Crippen molar-refractivity contribution in [2.24, 2.45) is 11.3 Å². The lowest BCUT2D eigenvalue weighted by Gasteiger charge is -2.46. The normalized spacial score (nSPS) is 21.3. The summed E-state index contributed by atoms with van der Waals surface area (Å²) in [4.78, 5) is 52.7. The molecule has 5 aliphatic rings. The molecule has 0 bridgehead atoms. The van der Waals surface area contributed by atoms with Crippen LogP contribution in [-0.2, 0) is 17.8 Å². The Labute approximate surface area is 364 Å². The van der Waals surface area contributed by atoms with Gasteiger partial charge < -0.3 is 20.3 Å². The van der Waals surface area contributed by atoms with E-state index < -0.39 is 18.2 Å².